The number of para-hydroxylation sites is 1. The first-order valence-electron chi connectivity index (χ1n) is 3.75. The molecule has 0 spiro atoms. The zero-order chi connectivity index (χ0) is 10.1. The van der Waals surface area contributed by atoms with Crippen LogP contribution in [0, 0.1) is 0 Å². The fraction of sp³-hybridized carbons (Fsp3) is 0. The normalized spacial score (nSPS) is 15.9. The molecule has 14 heavy (non-hydrogen) atoms. The van der Waals surface area contributed by atoms with Crippen LogP contribution in [0.5, 0.6) is 0 Å². The van der Waals surface area contributed by atoms with Gasteiger partial charge in [0.15, 0.2) is 0 Å². The Morgan fingerprint density at radius 1 is 1.21 bits per heavy atom. The second kappa shape index (κ2) is 3.62. The molecule has 0 aromatic heterocycles. The molecule has 1 aliphatic rings. The van der Waals surface area contributed by atoms with Crippen molar-refractivity contribution in [2.24, 2.45) is 0 Å². The van der Waals surface area contributed by atoms with E-state index in [1.807, 2.05) is 0 Å². The average molecular weight is 233 g/mol. The highest BCUT2D eigenvalue weighted by Gasteiger charge is 2.25. The summed E-state index contributed by atoms with van der Waals surface area (Å²) in [5, 5.41) is 1.97. The summed E-state index contributed by atoms with van der Waals surface area (Å²) in [6, 6.07) is 4.63. The number of anilines is 1. The second-order valence-corrected chi connectivity index (χ2v) is 3.39. The van der Waals surface area contributed by atoms with E-state index in [2.05, 4.69) is 16.5 Å². The van der Waals surface area contributed by atoms with Crippen LogP contribution in [-0.4, -0.2) is 6.03 Å². The van der Waals surface area contributed by atoms with Gasteiger partial charge in [0.1, 0.15) is 5.69 Å². The summed E-state index contributed by atoms with van der Waals surface area (Å²) in [5.74, 6) is 0. The molecule has 74 valence electrons. The Kier molecular flexibility index (Phi) is 2.47. The van der Waals surface area contributed by atoms with E-state index >= 15 is 0 Å². The second-order valence-electron chi connectivity index (χ2n) is 2.57. The van der Waals surface area contributed by atoms with Gasteiger partial charge < -0.3 is 0 Å². The highest BCUT2D eigenvalue weighted by atomic mass is 35.5. The van der Waals surface area contributed by atoms with Crippen LogP contribution in [0.25, 0.3) is 0 Å². The van der Waals surface area contributed by atoms with Crippen LogP contribution in [-0.2, 0) is 0 Å². The zero-order valence-electron chi connectivity index (χ0n) is 6.84. The highest BCUT2D eigenvalue weighted by molar-refractivity contribution is 6.39. The van der Waals surface area contributed by atoms with Gasteiger partial charge in [0.05, 0.1) is 10.0 Å². The van der Waals surface area contributed by atoms with Crippen LogP contribution in [0.3, 0.4) is 0 Å². The monoisotopic (exact) mass is 232 g/mol. The third-order valence-electron chi connectivity index (χ3n) is 1.70. The molecule has 0 bridgehead atoms. The van der Waals surface area contributed by atoms with Crippen LogP contribution in [0.15, 0.2) is 18.2 Å². The van der Waals surface area contributed by atoms with Crippen molar-refractivity contribution in [3.8, 4) is 0 Å². The molecule has 2 amide bonds. The molecular weight excluding hydrogens is 227 g/mol. The Bertz CT molecular complexity index is 364. The number of hydrogen-bond acceptors (Lipinski definition) is 3. The Hall–Kier alpha value is -1.01. The van der Waals surface area contributed by atoms with Crippen LogP contribution < -0.4 is 21.5 Å². The number of nitrogens with zero attached hydrogens (tertiary/aromatic N) is 1. The van der Waals surface area contributed by atoms with E-state index in [9.17, 15) is 4.79 Å². The minimum Gasteiger partial charge on any atom is -0.257 e. The fourth-order valence-corrected chi connectivity index (χ4v) is 1.67. The lowest BCUT2D eigenvalue weighted by molar-refractivity contribution is 0.250. The van der Waals surface area contributed by atoms with Gasteiger partial charge in [0.25, 0.3) is 0 Å². The lowest BCUT2D eigenvalue weighted by atomic mass is 10.3. The van der Waals surface area contributed by atoms with Gasteiger partial charge in [-0.2, -0.15) is 0 Å². The smallest absolute Gasteiger partial charge is 0.257 e. The minimum atomic E-state index is -0.375. The zero-order valence-corrected chi connectivity index (χ0v) is 8.36. The number of amides is 2. The summed E-state index contributed by atoms with van der Waals surface area (Å²) in [5.41, 5.74) is 7.74. The number of carbonyl (C=O) groups is 1. The molecule has 1 aromatic rings. The van der Waals surface area contributed by atoms with Crippen molar-refractivity contribution in [3.05, 3.63) is 28.2 Å². The number of hydrazine groups is 3. The molecule has 0 radical (unpaired) electrons. The fourth-order valence-electron chi connectivity index (χ4n) is 1.10. The predicted molar refractivity (Wildman–Crippen MR) is 53.7 cm³/mol. The molecule has 0 unspecified atom stereocenters. The van der Waals surface area contributed by atoms with Gasteiger partial charge in [-0.1, -0.05) is 29.3 Å². The summed E-state index contributed by atoms with van der Waals surface area (Å²) >= 11 is 11.8. The Labute approximate surface area is 89.9 Å². The standard InChI is InChI=1S/C7H6Cl2N4O/c8-4-2-1-3-5(9)6(4)13-7(14)10-11-12-13/h1-3,11-12H,(H,10,14). The van der Waals surface area contributed by atoms with Crippen LogP contribution >= 0.6 is 23.2 Å². The van der Waals surface area contributed by atoms with E-state index in [1.54, 1.807) is 18.2 Å². The minimum absolute atomic E-state index is 0.375. The third kappa shape index (κ3) is 1.51. The summed E-state index contributed by atoms with van der Waals surface area (Å²) in [7, 11) is 0. The van der Waals surface area contributed by atoms with Crippen molar-refractivity contribution >= 4 is 34.9 Å². The molecule has 1 heterocycles. The van der Waals surface area contributed by atoms with Gasteiger partial charge in [-0.15, -0.1) is 11.1 Å². The quantitative estimate of drug-likeness (QED) is 0.688. The Morgan fingerprint density at radius 2 is 1.86 bits per heavy atom. The first-order valence-corrected chi connectivity index (χ1v) is 4.50. The molecule has 1 aromatic carbocycles. The summed E-state index contributed by atoms with van der Waals surface area (Å²) in [4.78, 5) is 11.3. The molecule has 0 aliphatic carbocycles. The molecule has 1 aliphatic heterocycles. The first kappa shape index (κ1) is 9.54. The van der Waals surface area contributed by atoms with Crippen molar-refractivity contribution in [1.82, 2.24) is 16.5 Å². The maximum absolute atomic E-state index is 11.3. The van der Waals surface area contributed by atoms with Crippen molar-refractivity contribution in [2.75, 3.05) is 5.01 Å². The van der Waals surface area contributed by atoms with Gasteiger partial charge in [0, 0.05) is 0 Å². The molecular formula is C7H6Cl2N4O. The largest absolute Gasteiger partial charge is 0.353 e. The van der Waals surface area contributed by atoms with E-state index in [1.165, 1.54) is 5.01 Å². The van der Waals surface area contributed by atoms with Crippen molar-refractivity contribution in [1.29, 1.82) is 0 Å². The number of hydrogen-bond donors (Lipinski definition) is 3. The van der Waals surface area contributed by atoms with Gasteiger partial charge >= 0.3 is 6.03 Å². The molecule has 0 saturated carbocycles. The van der Waals surface area contributed by atoms with Gasteiger partial charge in [-0.3, -0.25) is 5.43 Å². The molecule has 5 nitrogen and oxygen atoms in total. The van der Waals surface area contributed by atoms with E-state index in [-0.39, 0.29) is 6.03 Å². The maximum Gasteiger partial charge on any atom is 0.353 e. The number of halogens is 2. The molecule has 1 fully saturated rings. The van der Waals surface area contributed by atoms with E-state index in [4.69, 9.17) is 23.2 Å². The van der Waals surface area contributed by atoms with E-state index in [0.29, 0.717) is 15.7 Å². The van der Waals surface area contributed by atoms with Gasteiger partial charge in [0.2, 0.25) is 0 Å². The number of carbonyl (C=O) groups excluding carboxylic acids is 1. The predicted octanol–water partition coefficient (Wildman–Crippen LogP) is 1.45. The molecule has 0 atom stereocenters. The number of urea groups is 1. The number of rotatable bonds is 1. The molecule has 7 heteroatoms. The van der Waals surface area contributed by atoms with Crippen LogP contribution in [0.4, 0.5) is 10.5 Å². The Morgan fingerprint density at radius 3 is 2.36 bits per heavy atom. The third-order valence-corrected chi connectivity index (χ3v) is 2.31. The van der Waals surface area contributed by atoms with Crippen molar-refractivity contribution in [2.45, 2.75) is 0 Å². The van der Waals surface area contributed by atoms with Crippen molar-refractivity contribution < 1.29 is 4.79 Å². The van der Waals surface area contributed by atoms with Gasteiger partial charge in [-0.05, 0) is 12.1 Å². The first-order chi connectivity index (χ1) is 6.70. The van der Waals surface area contributed by atoms with E-state index in [0.717, 1.165) is 0 Å². The SMILES string of the molecule is O=C1NNNN1c1c(Cl)cccc1Cl. The van der Waals surface area contributed by atoms with Gasteiger partial charge in [-0.25, -0.2) is 9.80 Å². The lowest BCUT2D eigenvalue weighted by Gasteiger charge is -2.15. The molecule has 3 N–H and O–H groups in total. The summed E-state index contributed by atoms with van der Waals surface area (Å²) < 4.78 is 0. The maximum atomic E-state index is 11.3. The topological polar surface area (TPSA) is 56.4 Å². The van der Waals surface area contributed by atoms with Crippen LogP contribution in [0.2, 0.25) is 10.0 Å². The Balaban J connectivity index is 2.44. The van der Waals surface area contributed by atoms with Crippen molar-refractivity contribution in [3.63, 3.8) is 0 Å². The summed E-state index contributed by atoms with van der Waals surface area (Å²) in [6.07, 6.45) is 0. The van der Waals surface area contributed by atoms with E-state index < -0.39 is 0 Å². The average Bonchev–Trinajstić information content (AvgIpc) is 2.52. The number of benzene rings is 1. The number of nitrogens with one attached hydrogen (secondary N) is 3. The lowest BCUT2D eigenvalue weighted by Crippen LogP contribution is -2.37. The molecule has 2 rings (SSSR count). The highest BCUT2D eigenvalue weighted by Crippen LogP contribution is 2.32. The molecule has 1 saturated heterocycles. The van der Waals surface area contributed by atoms with Crippen LogP contribution in [0.1, 0.15) is 0 Å². The summed E-state index contributed by atoms with van der Waals surface area (Å²) in [6.45, 7) is 0.